The smallest absolute Gasteiger partial charge is 0.312 e. The molecular weight excluding hydrogens is 460 g/mol. The number of hydrogen-bond acceptors (Lipinski definition) is 7. The number of halogens is 1. The predicted molar refractivity (Wildman–Crippen MR) is 120 cm³/mol. The minimum Gasteiger partial charge on any atom is -0.490 e. The standard InChI is InChI=1S/C20H23ClN4O6S/c1-14(20(26)22-16-5-3-15(21)4-6-16)23-9-11-24(12-10-23)32(29,30)17-7-8-19(31-2)18(13-17)25(27)28/h3-8,13-14H,9-12H2,1-2H3,(H,22,26). The van der Waals surface area contributed by atoms with Gasteiger partial charge in [0.25, 0.3) is 0 Å². The van der Waals surface area contributed by atoms with Crippen molar-refractivity contribution in [3.63, 3.8) is 0 Å². The second kappa shape index (κ2) is 9.82. The summed E-state index contributed by atoms with van der Waals surface area (Å²) in [6.45, 7) is 2.74. The number of carbonyl (C=O) groups is 1. The fourth-order valence-corrected chi connectivity index (χ4v) is 4.97. The minimum absolute atomic E-state index is 0.0145. The number of anilines is 1. The zero-order chi connectivity index (χ0) is 23.5. The van der Waals surface area contributed by atoms with Gasteiger partial charge < -0.3 is 10.1 Å². The second-order valence-corrected chi connectivity index (χ2v) is 9.58. The van der Waals surface area contributed by atoms with Crippen molar-refractivity contribution in [2.24, 2.45) is 0 Å². The number of methoxy groups -OCH3 is 1. The van der Waals surface area contributed by atoms with Gasteiger partial charge in [-0.15, -0.1) is 0 Å². The molecule has 0 radical (unpaired) electrons. The SMILES string of the molecule is COc1ccc(S(=O)(=O)N2CCN(C(C)C(=O)Nc3ccc(Cl)cc3)CC2)cc1[N+](=O)[O-]. The predicted octanol–water partition coefficient (Wildman–Crippen LogP) is 2.59. The number of rotatable bonds is 7. The van der Waals surface area contributed by atoms with Crippen LogP contribution in [0.5, 0.6) is 5.75 Å². The molecule has 0 aliphatic carbocycles. The van der Waals surface area contributed by atoms with Crippen LogP contribution in [-0.4, -0.2) is 67.8 Å². The zero-order valence-corrected chi connectivity index (χ0v) is 19.1. The topological polar surface area (TPSA) is 122 Å². The Hall–Kier alpha value is -2.73. The average molecular weight is 483 g/mol. The maximum absolute atomic E-state index is 13.0. The maximum Gasteiger partial charge on any atom is 0.312 e. The Bertz CT molecular complexity index is 1100. The molecule has 1 unspecified atom stereocenters. The van der Waals surface area contributed by atoms with Gasteiger partial charge in [-0.05, 0) is 43.3 Å². The van der Waals surface area contributed by atoms with Gasteiger partial charge in [-0.3, -0.25) is 19.8 Å². The van der Waals surface area contributed by atoms with E-state index in [0.717, 1.165) is 6.07 Å². The monoisotopic (exact) mass is 482 g/mol. The summed E-state index contributed by atoms with van der Waals surface area (Å²) in [4.78, 5) is 24.8. The molecule has 1 amide bonds. The summed E-state index contributed by atoms with van der Waals surface area (Å²) in [6, 6.07) is 9.83. The summed E-state index contributed by atoms with van der Waals surface area (Å²) in [6.07, 6.45) is 0. The minimum atomic E-state index is -3.93. The van der Waals surface area contributed by atoms with Gasteiger partial charge in [-0.25, -0.2) is 8.42 Å². The Kier molecular flexibility index (Phi) is 7.34. The third kappa shape index (κ3) is 5.18. The molecule has 1 heterocycles. The first-order chi connectivity index (χ1) is 15.1. The van der Waals surface area contributed by atoms with Gasteiger partial charge in [0, 0.05) is 43.0 Å². The molecule has 0 spiro atoms. The highest BCUT2D eigenvalue weighted by Crippen LogP contribution is 2.31. The highest BCUT2D eigenvalue weighted by Gasteiger charge is 2.33. The summed E-state index contributed by atoms with van der Waals surface area (Å²) >= 11 is 5.85. The molecule has 1 saturated heterocycles. The van der Waals surface area contributed by atoms with E-state index in [2.05, 4.69) is 5.32 Å². The van der Waals surface area contributed by atoms with E-state index in [1.54, 1.807) is 31.2 Å². The Morgan fingerprint density at radius 2 is 1.78 bits per heavy atom. The molecule has 1 N–H and O–H groups in total. The molecule has 2 aromatic rings. The molecular formula is C20H23ClN4O6S. The first kappa shape index (κ1) is 23.9. The van der Waals surface area contributed by atoms with Crippen molar-refractivity contribution in [2.75, 3.05) is 38.6 Å². The average Bonchev–Trinajstić information content (AvgIpc) is 2.79. The molecule has 12 heteroatoms. The summed E-state index contributed by atoms with van der Waals surface area (Å²) < 4.78 is 32.2. The first-order valence-corrected chi connectivity index (χ1v) is 11.6. The number of benzene rings is 2. The van der Waals surface area contributed by atoms with E-state index in [1.807, 2.05) is 4.90 Å². The van der Waals surface area contributed by atoms with Crippen molar-refractivity contribution >= 4 is 38.9 Å². The van der Waals surface area contributed by atoms with Crippen LogP contribution in [-0.2, 0) is 14.8 Å². The van der Waals surface area contributed by atoms with Crippen LogP contribution in [0.4, 0.5) is 11.4 Å². The highest BCUT2D eigenvalue weighted by molar-refractivity contribution is 7.89. The van der Waals surface area contributed by atoms with Crippen LogP contribution >= 0.6 is 11.6 Å². The molecule has 172 valence electrons. The fraction of sp³-hybridized carbons (Fsp3) is 0.350. The molecule has 32 heavy (non-hydrogen) atoms. The number of sulfonamides is 1. The van der Waals surface area contributed by atoms with Crippen molar-refractivity contribution in [3.8, 4) is 5.75 Å². The van der Waals surface area contributed by atoms with Crippen molar-refractivity contribution in [1.29, 1.82) is 0 Å². The van der Waals surface area contributed by atoms with Crippen LogP contribution in [0.3, 0.4) is 0 Å². The third-order valence-corrected chi connectivity index (χ3v) is 7.44. The number of amides is 1. The van der Waals surface area contributed by atoms with E-state index in [9.17, 15) is 23.3 Å². The van der Waals surface area contributed by atoms with Gasteiger partial charge >= 0.3 is 5.69 Å². The third-order valence-electron chi connectivity index (χ3n) is 5.30. The molecule has 0 saturated carbocycles. The van der Waals surface area contributed by atoms with Crippen molar-refractivity contribution in [3.05, 3.63) is 57.6 Å². The molecule has 1 aliphatic rings. The van der Waals surface area contributed by atoms with Crippen molar-refractivity contribution < 1.29 is 22.9 Å². The Labute approximate surface area is 190 Å². The normalized spacial score (nSPS) is 16.3. The number of ether oxygens (including phenoxy) is 1. The Balaban J connectivity index is 1.65. The van der Waals surface area contributed by atoms with E-state index < -0.39 is 26.7 Å². The maximum atomic E-state index is 13.0. The number of nitrogens with zero attached hydrogens (tertiary/aromatic N) is 3. The molecule has 1 aliphatic heterocycles. The van der Waals surface area contributed by atoms with E-state index >= 15 is 0 Å². The molecule has 10 nitrogen and oxygen atoms in total. The van der Waals surface area contributed by atoms with Gasteiger partial charge in [0.15, 0.2) is 5.75 Å². The summed E-state index contributed by atoms with van der Waals surface area (Å²) in [7, 11) is -2.65. The lowest BCUT2D eigenvalue weighted by molar-refractivity contribution is -0.386. The van der Waals surface area contributed by atoms with Gasteiger partial charge in [0.1, 0.15) is 0 Å². The summed E-state index contributed by atoms with van der Waals surface area (Å²) in [5.41, 5.74) is 0.202. The van der Waals surface area contributed by atoms with E-state index in [4.69, 9.17) is 16.3 Å². The Morgan fingerprint density at radius 1 is 1.16 bits per heavy atom. The van der Waals surface area contributed by atoms with Gasteiger partial charge in [-0.2, -0.15) is 4.31 Å². The van der Waals surface area contributed by atoms with E-state index in [0.29, 0.717) is 23.8 Å². The van der Waals surface area contributed by atoms with E-state index in [1.165, 1.54) is 23.5 Å². The van der Waals surface area contributed by atoms with Gasteiger partial charge in [-0.1, -0.05) is 11.6 Å². The van der Waals surface area contributed by atoms with Crippen LogP contribution in [0.2, 0.25) is 5.02 Å². The summed E-state index contributed by atoms with van der Waals surface area (Å²) in [5, 5.41) is 14.6. The molecule has 0 aromatic heterocycles. The molecule has 2 aromatic carbocycles. The molecule has 1 atom stereocenters. The van der Waals surface area contributed by atoms with Crippen LogP contribution in [0, 0.1) is 10.1 Å². The lowest BCUT2D eigenvalue weighted by Crippen LogP contribution is -2.53. The molecule has 3 rings (SSSR count). The summed E-state index contributed by atoms with van der Waals surface area (Å²) in [5.74, 6) is -0.228. The number of carbonyl (C=O) groups excluding carboxylic acids is 1. The van der Waals surface area contributed by atoms with E-state index in [-0.39, 0.29) is 29.6 Å². The van der Waals surface area contributed by atoms with Gasteiger partial charge in [0.2, 0.25) is 15.9 Å². The van der Waals surface area contributed by atoms with Crippen LogP contribution < -0.4 is 10.1 Å². The largest absolute Gasteiger partial charge is 0.490 e. The molecule has 1 fully saturated rings. The quantitative estimate of drug-likeness (QED) is 0.475. The van der Waals surface area contributed by atoms with Crippen LogP contribution in [0.15, 0.2) is 47.4 Å². The van der Waals surface area contributed by atoms with Crippen LogP contribution in [0.25, 0.3) is 0 Å². The lowest BCUT2D eigenvalue weighted by Gasteiger charge is -2.36. The van der Waals surface area contributed by atoms with Crippen molar-refractivity contribution in [2.45, 2.75) is 17.9 Å². The second-order valence-electron chi connectivity index (χ2n) is 7.20. The molecule has 0 bridgehead atoms. The number of hydrogen-bond donors (Lipinski definition) is 1. The number of nitro groups is 1. The number of piperazine rings is 1. The highest BCUT2D eigenvalue weighted by atomic mass is 35.5. The van der Waals surface area contributed by atoms with Crippen LogP contribution in [0.1, 0.15) is 6.92 Å². The lowest BCUT2D eigenvalue weighted by atomic mass is 10.2. The number of nitro benzene ring substituents is 1. The first-order valence-electron chi connectivity index (χ1n) is 9.76. The fourth-order valence-electron chi connectivity index (χ4n) is 3.40. The Morgan fingerprint density at radius 3 is 2.34 bits per heavy atom. The van der Waals surface area contributed by atoms with Gasteiger partial charge in [0.05, 0.1) is 23.0 Å². The van der Waals surface area contributed by atoms with Crippen molar-refractivity contribution in [1.82, 2.24) is 9.21 Å². The zero-order valence-electron chi connectivity index (χ0n) is 17.5. The number of nitrogens with one attached hydrogen (secondary N) is 1.